The number of aromatic nitrogens is 3. The van der Waals surface area contributed by atoms with Crippen LogP contribution in [-0.4, -0.2) is 62.0 Å². The zero-order valence-corrected chi connectivity index (χ0v) is 20.6. The molecule has 2 N–H and O–H groups in total. The zero-order chi connectivity index (χ0) is 27.1. The maximum Gasteiger partial charge on any atom is 0.341 e. The van der Waals surface area contributed by atoms with Crippen molar-refractivity contribution >= 4 is 18.2 Å². The molecule has 13 heteroatoms. The van der Waals surface area contributed by atoms with Gasteiger partial charge in [0.25, 0.3) is 0 Å². The first kappa shape index (κ1) is 25.2. The highest BCUT2D eigenvalue weighted by Gasteiger charge is 2.39. The molecular weight excluding hydrogens is 503 g/mol. The largest absolute Gasteiger partial charge is 0.483 e. The third-order valence-corrected chi connectivity index (χ3v) is 6.52. The summed E-state index contributed by atoms with van der Waals surface area (Å²) in [7, 11) is 0. The van der Waals surface area contributed by atoms with E-state index in [4.69, 9.17) is 10.5 Å². The van der Waals surface area contributed by atoms with Gasteiger partial charge in [-0.2, -0.15) is 10.2 Å². The molecule has 0 saturated carbocycles. The number of carbonyl (C=O) groups excluding carboxylic acids is 2. The standard InChI is InChI=1S/C25H24F3N7O3/c1-13-19(8-23(29)36)14(2)34(32-13)24-9-22(20(28)10-30-24)38-18-11-33(12-18)25(37)35-21(3-4-31-35)15-5-16(26)7-17(27)6-15/h4-7,9-10,18,21H,3,8,11-12H2,1-2H3,(H2,29,36)/t21-/m0/s1. The molecule has 38 heavy (non-hydrogen) atoms. The van der Waals surface area contributed by atoms with Crippen molar-refractivity contribution in [3.63, 3.8) is 0 Å². The van der Waals surface area contributed by atoms with Crippen molar-refractivity contribution < 1.29 is 27.5 Å². The first-order valence-corrected chi connectivity index (χ1v) is 11.8. The van der Waals surface area contributed by atoms with Crippen LogP contribution in [0.5, 0.6) is 5.75 Å². The lowest BCUT2D eigenvalue weighted by Crippen LogP contribution is -2.58. The van der Waals surface area contributed by atoms with Crippen molar-refractivity contribution in [1.82, 2.24) is 24.7 Å². The van der Waals surface area contributed by atoms with Crippen LogP contribution >= 0.6 is 0 Å². The molecule has 0 aliphatic carbocycles. The molecule has 5 rings (SSSR count). The lowest BCUT2D eigenvalue weighted by molar-refractivity contribution is -0.117. The Hall–Kier alpha value is -4.42. The van der Waals surface area contributed by atoms with Gasteiger partial charge in [0.05, 0.1) is 37.4 Å². The van der Waals surface area contributed by atoms with Crippen LogP contribution in [0.4, 0.5) is 18.0 Å². The molecule has 2 aliphatic heterocycles. The Morgan fingerprint density at radius 3 is 2.50 bits per heavy atom. The number of halogens is 3. The molecule has 2 aromatic heterocycles. The fourth-order valence-corrected chi connectivity index (χ4v) is 4.58. The molecule has 3 aromatic rings. The van der Waals surface area contributed by atoms with E-state index < -0.39 is 41.5 Å². The number of carbonyl (C=O) groups is 2. The molecule has 1 saturated heterocycles. The highest BCUT2D eigenvalue weighted by Crippen LogP contribution is 2.32. The minimum atomic E-state index is -0.736. The Kier molecular flexibility index (Phi) is 6.51. The quantitative estimate of drug-likeness (QED) is 0.529. The number of hydrazone groups is 1. The maximum absolute atomic E-state index is 14.5. The van der Waals surface area contributed by atoms with Crippen molar-refractivity contribution in [2.75, 3.05) is 13.1 Å². The number of urea groups is 1. The lowest BCUT2D eigenvalue weighted by atomic mass is 10.0. The number of hydrogen-bond donors (Lipinski definition) is 1. The third kappa shape index (κ3) is 4.78. The summed E-state index contributed by atoms with van der Waals surface area (Å²) in [6.45, 7) is 3.82. The fourth-order valence-electron chi connectivity index (χ4n) is 4.58. The second-order valence-electron chi connectivity index (χ2n) is 9.20. The number of pyridine rings is 1. The van der Waals surface area contributed by atoms with Crippen molar-refractivity contribution in [2.45, 2.75) is 38.8 Å². The number of hydrogen-bond acceptors (Lipinski definition) is 6. The molecule has 198 valence electrons. The molecular formula is C25H24F3N7O3. The van der Waals surface area contributed by atoms with Crippen LogP contribution in [0.3, 0.4) is 0 Å². The third-order valence-electron chi connectivity index (χ3n) is 6.52. The molecule has 2 aliphatic rings. The number of nitrogens with two attached hydrogens (primary N) is 1. The lowest BCUT2D eigenvalue weighted by Gasteiger charge is -2.41. The summed E-state index contributed by atoms with van der Waals surface area (Å²) in [5.41, 5.74) is 7.54. The van der Waals surface area contributed by atoms with Gasteiger partial charge < -0.3 is 15.4 Å². The molecule has 0 bridgehead atoms. The van der Waals surface area contributed by atoms with E-state index in [0.29, 0.717) is 34.8 Å². The molecule has 0 spiro atoms. The van der Waals surface area contributed by atoms with Gasteiger partial charge >= 0.3 is 6.03 Å². The highest BCUT2D eigenvalue weighted by atomic mass is 19.1. The van der Waals surface area contributed by atoms with Crippen LogP contribution in [0.25, 0.3) is 5.82 Å². The van der Waals surface area contributed by atoms with Gasteiger partial charge in [-0.25, -0.2) is 32.6 Å². The van der Waals surface area contributed by atoms with Crippen LogP contribution in [0.1, 0.15) is 35.0 Å². The second kappa shape index (κ2) is 9.80. The number of aryl methyl sites for hydroxylation is 1. The summed E-state index contributed by atoms with van der Waals surface area (Å²) in [4.78, 5) is 29.9. The first-order valence-electron chi connectivity index (χ1n) is 11.8. The molecule has 1 aromatic carbocycles. The van der Waals surface area contributed by atoms with Crippen molar-refractivity contribution in [3.8, 4) is 11.6 Å². The van der Waals surface area contributed by atoms with Crippen LogP contribution in [-0.2, 0) is 11.2 Å². The summed E-state index contributed by atoms with van der Waals surface area (Å²) >= 11 is 0. The van der Waals surface area contributed by atoms with Crippen molar-refractivity contribution in [3.05, 3.63) is 70.4 Å². The predicted octanol–water partition coefficient (Wildman–Crippen LogP) is 2.95. The van der Waals surface area contributed by atoms with Crippen molar-refractivity contribution in [2.24, 2.45) is 10.8 Å². The number of likely N-dealkylation sites (tertiary alicyclic amines) is 1. The van der Waals surface area contributed by atoms with Gasteiger partial charge in [-0.1, -0.05) is 0 Å². The van der Waals surface area contributed by atoms with E-state index in [1.807, 2.05) is 0 Å². The molecule has 4 heterocycles. The summed E-state index contributed by atoms with van der Waals surface area (Å²) in [6.07, 6.45) is 2.37. The Morgan fingerprint density at radius 2 is 1.82 bits per heavy atom. The van der Waals surface area contributed by atoms with Crippen LogP contribution in [0.15, 0.2) is 35.6 Å². The van der Waals surface area contributed by atoms with Gasteiger partial charge in [-0.15, -0.1) is 0 Å². The van der Waals surface area contributed by atoms with Crippen molar-refractivity contribution in [1.29, 1.82) is 0 Å². The summed E-state index contributed by atoms with van der Waals surface area (Å²) in [5.74, 6) is -2.43. The number of nitrogens with zero attached hydrogens (tertiary/aromatic N) is 6. The fraction of sp³-hybridized carbons (Fsp3) is 0.320. The van der Waals surface area contributed by atoms with E-state index in [1.165, 1.54) is 39.0 Å². The Bertz CT molecular complexity index is 1430. The van der Waals surface area contributed by atoms with E-state index >= 15 is 0 Å². The molecule has 3 amide bonds. The second-order valence-corrected chi connectivity index (χ2v) is 9.20. The smallest absolute Gasteiger partial charge is 0.341 e. The average molecular weight is 528 g/mol. The summed E-state index contributed by atoms with van der Waals surface area (Å²) in [5, 5.41) is 9.66. The number of primary amides is 1. The molecule has 0 unspecified atom stereocenters. The number of rotatable bonds is 6. The minimum Gasteiger partial charge on any atom is -0.483 e. The van der Waals surface area contributed by atoms with Gasteiger partial charge in [-0.3, -0.25) is 4.79 Å². The van der Waals surface area contributed by atoms with E-state index in [9.17, 15) is 22.8 Å². The molecule has 0 radical (unpaired) electrons. The van der Waals surface area contributed by atoms with Gasteiger partial charge in [0.1, 0.15) is 17.7 Å². The van der Waals surface area contributed by atoms with Crippen LogP contribution in [0, 0.1) is 31.3 Å². The number of amides is 3. The average Bonchev–Trinajstić information content (AvgIpc) is 3.42. The topological polar surface area (TPSA) is 119 Å². The number of ether oxygens (including phenoxy) is 1. The number of benzene rings is 1. The summed E-state index contributed by atoms with van der Waals surface area (Å²) < 4.78 is 49.2. The first-order chi connectivity index (χ1) is 18.1. The van der Waals surface area contributed by atoms with Crippen LogP contribution in [0.2, 0.25) is 0 Å². The predicted molar refractivity (Wildman–Crippen MR) is 129 cm³/mol. The SMILES string of the molecule is Cc1nn(-c2cc(OC3CN(C(=O)N4N=CC[C@H]4c4cc(F)cc(F)c4)C3)c(F)cn2)c(C)c1CC(N)=O. The molecule has 10 nitrogen and oxygen atoms in total. The van der Waals surface area contributed by atoms with Crippen LogP contribution < -0.4 is 10.5 Å². The van der Waals surface area contributed by atoms with Gasteiger partial charge in [0.2, 0.25) is 5.91 Å². The summed E-state index contributed by atoms with van der Waals surface area (Å²) in [6, 6.07) is 3.43. The van der Waals surface area contributed by atoms with E-state index in [0.717, 1.165) is 12.3 Å². The Morgan fingerprint density at radius 1 is 1.11 bits per heavy atom. The molecule has 1 atom stereocenters. The van der Waals surface area contributed by atoms with Gasteiger partial charge in [0, 0.05) is 36.0 Å². The maximum atomic E-state index is 14.5. The minimum absolute atomic E-state index is 0.0181. The zero-order valence-electron chi connectivity index (χ0n) is 20.6. The van der Waals surface area contributed by atoms with Gasteiger partial charge in [-0.05, 0) is 31.5 Å². The monoisotopic (exact) mass is 527 g/mol. The highest BCUT2D eigenvalue weighted by molar-refractivity contribution is 5.79. The van der Waals surface area contributed by atoms with E-state index in [2.05, 4.69) is 15.2 Å². The Labute approximate surface area is 215 Å². The normalized spacial score (nSPS) is 17.1. The Balaban J connectivity index is 1.25. The molecule has 1 fully saturated rings. The van der Waals surface area contributed by atoms with Gasteiger partial charge in [0.15, 0.2) is 17.4 Å². The van der Waals surface area contributed by atoms with E-state index in [-0.39, 0.29) is 25.3 Å². The van der Waals surface area contributed by atoms with E-state index in [1.54, 1.807) is 13.8 Å².